The van der Waals surface area contributed by atoms with Crippen LogP contribution in [0.2, 0.25) is 0 Å². The van der Waals surface area contributed by atoms with E-state index in [4.69, 9.17) is 11.5 Å². The number of carbonyl (C=O) groups is 1. The molecule has 2 aliphatic rings. The van der Waals surface area contributed by atoms with Crippen LogP contribution in [0.1, 0.15) is 32.1 Å². The highest BCUT2D eigenvalue weighted by molar-refractivity contribution is 5.77. The van der Waals surface area contributed by atoms with Crippen molar-refractivity contribution < 1.29 is 4.79 Å². The first kappa shape index (κ1) is 10.9. The maximum Gasteiger partial charge on any atom is 0.221 e. The van der Waals surface area contributed by atoms with Crippen molar-refractivity contribution in [1.29, 1.82) is 0 Å². The molecule has 0 aromatic rings. The molecule has 0 radical (unpaired) electrons. The van der Waals surface area contributed by atoms with E-state index in [2.05, 4.69) is 4.90 Å². The Morgan fingerprint density at radius 3 is 2.33 bits per heavy atom. The zero-order chi connectivity index (χ0) is 10.8. The minimum Gasteiger partial charge on any atom is -0.369 e. The summed E-state index contributed by atoms with van der Waals surface area (Å²) in [6, 6.07) is 1.05. The molecule has 0 spiro atoms. The molecule has 15 heavy (non-hydrogen) atoms. The Bertz CT molecular complexity index is 236. The van der Waals surface area contributed by atoms with Crippen LogP contribution in [-0.2, 0) is 4.79 Å². The molecule has 1 aliphatic heterocycles. The molecule has 1 saturated heterocycles. The van der Waals surface area contributed by atoms with E-state index in [9.17, 15) is 4.79 Å². The van der Waals surface area contributed by atoms with Gasteiger partial charge >= 0.3 is 0 Å². The van der Waals surface area contributed by atoms with Crippen molar-refractivity contribution in [2.75, 3.05) is 13.1 Å². The molecule has 4 heteroatoms. The van der Waals surface area contributed by atoms with E-state index in [1.54, 1.807) is 0 Å². The molecule has 4 nitrogen and oxygen atoms in total. The first-order valence-electron chi connectivity index (χ1n) is 5.95. The van der Waals surface area contributed by atoms with Crippen molar-refractivity contribution in [3.63, 3.8) is 0 Å². The summed E-state index contributed by atoms with van der Waals surface area (Å²) in [5, 5.41) is 0. The van der Waals surface area contributed by atoms with Crippen molar-refractivity contribution in [3.8, 4) is 0 Å². The fourth-order valence-electron chi connectivity index (χ4n) is 2.82. The third-order valence-corrected chi connectivity index (χ3v) is 3.88. The molecule has 86 valence electrons. The van der Waals surface area contributed by atoms with Gasteiger partial charge in [0.05, 0.1) is 5.92 Å². The van der Waals surface area contributed by atoms with E-state index in [0.717, 1.165) is 32.4 Å². The second kappa shape index (κ2) is 4.49. The van der Waals surface area contributed by atoms with Gasteiger partial charge in [0.25, 0.3) is 0 Å². The van der Waals surface area contributed by atoms with Gasteiger partial charge in [0.1, 0.15) is 0 Å². The topological polar surface area (TPSA) is 72.4 Å². The molecule has 1 aliphatic carbocycles. The van der Waals surface area contributed by atoms with Crippen LogP contribution in [0, 0.1) is 5.92 Å². The fourth-order valence-corrected chi connectivity index (χ4v) is 2.82. The minimum absolute atomic E-state index is 0.0839. The van der Waals surface area contributed by atoms with Gasteiger partial charge < -0.3 is 11.5 Å². The average Bonchev–Trinajstić information content (AvgIpc) is 2.68. The summed E-state index contributed by atoms with van der Waals surface area (Å²) in [6.07, 6.45) is 5.57. The van der Waals surface area contributed by atoms with Crippen molar-refractivity contribution in [1.82, 2.24) is 4.90 Å². The third kappa shape index (κ3) is 2.49. The van der Waals surface area contributed by atoms with Crippen LogP contribution in [0.3, 0.4) is 0 Å². The van der Waals surface area contributed by atoms with E-state index in [1.165, 1.54) is 12.8 Å². The summed E-state index contributed by atoms with van der Waals surface area (Å²) in [6.45, 7) is 1.91. The van der Waals surface area contributed by atoms with Crippen LogP contribution < -0.4 is 11.5 Å². The number of hydrogen-bond donors (Lipinski definition) is 2. The first-order chi connectivity index (χ1) is 7.16. The van der Waals surface area contributed by atoms with E-state index < -0.39 is 0 Å². The van der Waals surface area contributed by atoms with Crippen LogP contribution in [0.15, 0.2) is 0 Å². The van der Waals surface area contributed by atoms with Crippen LogP contribution in [-0.4, -0.2) is 36.0 Å². The number of nitrogens with two attached hydrogens (primary N) is 2. The predicted octanol–water partition coefficient (Wildman–Crippen LogP) is 0.0635. The molecule has 2 fully saturated rings. The highest BCUT2D eigenvalue weighted by Gasteiger charge is 2.32. The summed E-state index contributed by atoms with van der Waals surface area (Å²) in [7, 11) is 0. The molecule has 0 aromatic heterocycles. The lowest BCUT2D eigenvalue weighted by molar-refractivity contribution is -0.121. The molecule has 0 aromatic carbocycles. The number of hydrogen-bond acceptors (Lipinski definition) is 3. The minimum atomic E-state index is -0.134. The van der Waals surface area contributed by atoms with Crippen molar-refractivity contribution >= 4 is 5.91 Å². The van der Waals surface area contributed by atoms with Crippen molar-refractivity contribution in [2.45, 2.75) is 44.2 Å². The normalized spacial score (nSPS) is 38.1. The van der Waals surface area contributed by atoms with Gasteiger partial charge in [-0.1, -0.05) is 0 Å². The first-order valence-corrected chi connectivity index (χ1v) is 5.95. The summed E-state index contributed by atoms with van der Waals surface area (Å²) in [5.41, 5.74) is 11.2. The Morgan fingerprint density at radius 2 is 1.80 bits per heavy atom. The second-order valence-corrected chi connectivity index (χ2v) is 4.95. The molecular formula is C11H21N3O. The highest BCUT2D eigenvalue weighted by atomic mass is 16.1. The third-order valence-electron chi connectivity index (χ3n) is 3.88. The number of rotatable bonds is 2. The van der Waals surface area contributed by atoms with E-state index in [0.29, 0.717) is 12.1 Å². The summed E-state index contributed by atoms with van der Waals surface area (Å²) in [4.78, 5) is 13.5. The maximum atomic E-state index is 11.1. The van der Waals surface area contributed by atoms with E-state index in [-0.39, 0.29) is 11.8 Å². The lowest BCUT2D eigenvalue weighted by atomic mass is 9.91. The molecule has 1 amide bonds. The van der Waals surface area contributed by atoms with Gasteiger partial charge in [-0.25, -0.2) is 0 Å². The monoisotopic (exact) mass is 211 g/mol. The Labute approximate surface area is 91.0 Å². The van der Waals surface area contributed by atoms with Gasteiger partial charge in [-0.2, -0.15) is 0 Å². The Kier molecular flexibility index (Phi) is 3.26. The van der Waals surface area contributed by atoms with Crippen LogP contribution in [0.25, 0.3) is 0 Å². The second-order valence-electron chi connectivity index (χ2n) is 4.95. The molecule has 4 N–H and O–H groups in total. The molecular weight excluding hydrogens is 190 g/mol. The SMILES string of the molecule is NC(=O)C1CCN(C2CCC(N)CC2)C1. The zero-order valence-electron chi connectivity index (χ0n) is 9.19. The molecule has 1 heterocycles. The highest BCUT2D eigenvalue weighted by Crippen LogP contribution is 2.27. The standard InChI is InChI=1S/C11H21N3O/c12-9-1-3-10(4-2-9)14-6-5-8(7-14)11(13)15/h8-10H,1-7,12H2,(H2,13,15). The number of primary amides is 1. The van der Waals surface area contributed by atoms with E-state index >= 15 is 0 Å². The molecule has 0 bridgehead atoms. The average molecular weight is 211 g/mol. The quantitative estimate of drug-likeness (QED) is 0.678. The lowest BCUT2D eigenvalue weighted by Crippen LogP contribution is -2.40. The molecule has 2 rings (SSSR count). The largest absolute Gasteiger partial charge is 0.369 e. The van der Waals surface area contributed by atoms with Gasteiger partial charge in [0.2, 0.25) is 5.91 Å². The Morgan fingerprint density at radius 1 is 1.13 bits per heavy atom. The summed E-state index contributed by atoms with van der Waals surface area (Å²) in [5.74, 6) is -0.0504. The molecule has 1 atom stereocenters. The van der Waals surface area contributed by atoms with Gasteiger partial charge in [-0.15, -0.1) is 0 Å². The van der Waals surface area contributed by atoms with E-state index in [1.807, 2.05) is 0 Å². The van der Waals surface area contributed by atoms with Gasteiger partial charge in [-0.05, 0) is 38.6 Å². The zero-order valence-corrected chi connectivity index (χ0v) is 9.19. The maximum absolute atomic E-state index is 11.1. The fraction of sp³-hybridized carbons (Fsp3) is 0.909. The Hall–Kier alpha value is -0.610. The molecule has 1 saturated carbocycles. The lowest BCUT2D eigenvalue weighted by Gasteiger charge is -2.33. The van der Waals surface area contributed by atoms with Crippen molar-refractivity contribution in [2.24, 2.45) is 17.4 Å². The number of likely N-dealkylation sites (tertiary alicyclic amines) is 1. The molecule has 1 unspecified atom stereocenters. The number of carbonyl (C=O) groups excluding carboxylic acids is 1. The summed E-state index contributed by atoms with van der Waals surface area (Å²) < 4.78 is 0. The number of amides is 1. The van der Waals surface area contributed by atoms with Gasteiger partial charge in [0.15, 0.2) is 0 Å². The predicted molar refractivity (Wildman–Crippen MR) is 59.1 cm³/mol. The van der Waals surface area contributed by atoms with Crippen LogP contribution in [0.4, 0.5) is 0 Å². The van der Waals surface area contributed by atoms with Gasteiger partial charge in [-0.3, -0.25) is 9.69 Å². The van der Waals surface area contributed by atoms with Gasteiger partial charge in [0, 0.05) is 18.6 Å². The van der Waals surface area contributed by atoms with Crippen molar-refractivity contribution in [3.05, 3.63) is 0 Å². The van der Waals surface area contributed by atoms with Crippen LogP contribution in [0.5, 0.6) is 0 Å². The van der Waals surface area contributed by atoms with Crippen LogP contribution >= 0.6 is 0 Å². The smallest absolute Gasteiger partial charge is 0.221 e. The summed E-state index contributed by atoms with van der Waals surface area (Å²) >= 11 is 0. The number of nitrogens with zero attached hydrogens (tertiary/aromatic N) is 1. The Balaban J connectivity index is 1.83.